The van der Waals surface area contributed by atoms with Crippen molar-refractivity contribution in [3.05, 3.63) is 38.7 Å². The molecule has 0 amide bonds. The monoisotopic (exact) mass is 210 g/mol. The van der Waals surface area contributed by atoms with E-state index in [9.17, 15) is 14.9 Å². The Morgan fingerprint density at radius 2 is 2.27 bits per heavy atom. The van der Waals surface area contributed by atoms with E-state index >= 15 is 0 Å². The second kappa shape index (κ2) is 4.36. The summed E-state index contributed by atoms with van der Waals surface area (Å²) in [5.74, 6) is 0.277. The van der Waals surface area contributed by atoms with Gasteiger partial charge >= 0.3 is 11.2 Å². The molecule has 0 saturated carbocycles. The summed E-state index contributed by atoms with van der Waals surface area (Å²) in [5, 5.41) is 10.3. The number of aromatic nitrogens is 2. The van der Waals surface area contributed by atoms with Gasteiger partial charge in [-0.15, -0.1) is 0 Å². The minimum atomic E-state index is -0.773. The molecule has 0 aliphatic carbocycles. The third kappa shape index (κ3) is 2.90. The van der Waals surface area contributed by atoms with Crippen molar-refractivity contribution < 1.29 is 4.92 Å². The molecule has 1 aromatic rings. The third-order valence-electron chi connectivity index (χ3n) is 1.53. The normalized spacial score (nSPS) is 10.5. The first-order valence-corrected chi connectivity index (χ1v) is 4.09. The lowest BCUT2D eigenvalue weighted by Gasteiger charge is -2.02. The summed E-state index contributed by atoms with van der Waals surface area (Å²) < 4.78 is 0. The molecule has 15 heavy (non-hydrogen) atoms. The van der Waals surface area contributed by atoms with Crippen LogP contribution in [0.4, 0.5) is 5.69 Å². The van der Waals surface area contributed by atoms with Gasteiger partial charge in [0.05, 0.1) is 4.92 Å². The minimum absolute atomic E-state index is 0.277. The maximum Gasteiger partial charge on any atom is 0.351 e. The smallest absolute Gasteiger partial charge is 0.351 e. The zero-order valence-corrected chi connectivity index (χ0v) is 8.30. The van der Waals surface area contributed by atoms with Gasteiger partial charge in [0, 0.05) is 20.3 Å². The van der Waals surface area contributed by atoms with Gasteiger partial charge in [0.25, 0.3) is 0 Å². The number of nitro groups is 1. The summed E-state index contributed by atoms with van der Waals surface area (Å²) in [6, 6.07) is 0. The second-order valence-electron chi connectivity index (χ2n) is 3.02. The zero-order chi connectivity index (χ0) is 11.4. The van der Waals surface area contributed by atoms with Crippen LogP contribution in [-0.2, 0) is 0 Å². The lowest BCUT2D eigenvalue weighted by molar-refractivity contribution is -0.386. The van der Waals surface area contributed by atoms with Gasteiger partial charge in [-0.25, -0.2) is 4.98 Å². The molecule has 0 fully saturated rings. The van der Waals surface area contributed by atoms with Crippen molar-refractivity contribution in [2.75, 3.05) is 14.1 Å². The van der Waals surface area contributed by atoms with E-state index in [-0.39, 0.29) is 5.82 Å². The van der Waals surface area contributed by atoms with Crippen molar-refractivity contribution in [1.82, 2.24) is 14.9 Å². The second-order valence-corrected chi connectivity index (χ2v) is 3.02. The van der Waals surface area contributed by atoms with Gasteiger partial charge in [0.15, 0.2) is 0 Å². The van der Waals surface area contributed by atoms with Crippen LogP contribution >= 0.6 is 0 Å². The molecule has 7 nitrogen and oxygen atoms in total. The molecule has 0 saturated heterocycles. The highest BCUT2D eigenvalue weighted by atomic mass is 16.6. The van der Waals surface area contributed by atoms with Crippen molar-refractivity contribution in [1.29, 1.82) is 0 Å². The fraction of sp³-hybridized carbons (Fsp3) is 0.250. The Morgan fingerprint density at radius 1 is 1.60 bits per heavy atom. The van der Waals surface area contributed by atoms with E-state index in [0.29, 0.717) is 0 Å². The fourth-order valence-electron chi connectivity index (χ4n) is 0.836. The molecule has 7 heteroatoms. The average molecular weight is 210 g/mol. The largest absolute Gasteiger partial charge is 0.383 e. The van der Waals surface area contributed by atoms with E-state index in [4.69, 9.17) is 0 Å². The van der Waals surface area contributed by atoms with Crippen molar-refractivity contribution in [3.63, 3.8) is 0 Å². The summed E-state index contributed by atoms with van der Waals surface area (Å²) in [6.07, 6.45) is 4.16. The highest BCUT2D eigenvalue weighted by Gasteiger charge is 2.11. The van der Waals surface area contributed by atoms with Gasteiger partial charge in [-0.2, -0.15) is 0 Å². The SMILES string of the molecule is CN(C)C=Cc1ncc([N+](=O)[O-])c(=O)[nH]1. The Morgan fingerprint density at radius 3 is 2.73 bits per heavy atom. The maximum absolute atomic E-state index is 11.1. The topological polar surface area (TPSA) is 92.1 Å². The quantitative estimate of drug-likeness (QED) is 0.568. The first kappa shape index (κ1) is 10.9. The molecule has 80 valence electrons. The van der Waals surface area contributed by atoms with Crippen LogP contribution in [0, 0.1) is 10.1 Å². The Hall–Kier alpha value is -2.18. The molecule has 1 aromatic heterocycles. The molecule has 1 N–H and O–H groups in total. The molecule has 0 bridgehead atoms. The first-order valence-electron chi connectivity index (χ1n) is 4.09. The minimum Gasteiger partial charge on any atom is -0.383 e. The Labute approximate surface area is 85.2 Å². The van der Waals surface area contributed by atoms with Crippen LogP contribution in [0.2, 0.25) is 0 Å². The number of rotatable bonds is 3. The molecule has 0 aliphatic heterocycles. The predicted molar refractivity (Wildman–Crippen MR) is 54.2 cm³/mol. The molecule has 1 rings (SSSR count). The molecule has 1 heterocycles. The van der Waals surface area contributed by atoms with Crippen LogP contribution in [0.25, 0.3) is 6.08 Å². The highest BCUT2D eigenvalue weighted by molar-refractivity contribution is 5.40. The molecule has 0 radical (unpaired) electrons. The fourth-order valence-corrected chi connectivity index (χ4v) is 0.836. The highest BCUT2D eigenvalue weighted by Crippen LogP contribution is 2.00. The van der Waals surface area contributed by atoms with Crippen molar-refractivity contribution in [2.24, 2.45) is 0 Å². The van der Waals surface area contributed by atoms with Gasteiger partial charge in [-0.1, -0.05) is 0 Å². The summed E-state index contributed by atoms with van der Waals surface area (Å²) in [7, 11) is 3.61. The Kier molecular flexibility index (Phi) is 3.17. The van der Waals surface area contributed by atoms with Crippen LogP contribution in [-0.4, -0.2) is 33.9 Å². The summed E-state index contributed by atoms with van der Waals surface area (Å²) >= 11 is 0. The van der Waals surface area contributed by atoms with E-state index in [2.05, 4.69) is 9.97 Å². The standard InChI is InChI=1S/C8H10N4O3/c1-11(2)4-3-7-9-5-6(12(14)15)8(13)10-7/h3-5H,1-2H3,(H,9,10,13). The van der Waals surface area contributed by atoms with Gasteiger partial charge < -0.3 is 9.88 Å². The maximum atomic E-state index is 11.1. The van der Waals surface area contributed by atoms with Crippen LogP contribution in [0.3, 0.4) is 0 Å². The third-order valence-corrected chi connectivity index (χ3v) is 1.53. The number of hydrogen-bond acceptors (Lipinski definition) is 5. The number of nitrogens with zero attached hydrogens (tertiary/aromatic N) is 3. The van der Waals surface area contributed by atoms with E-state index in [1.165, 1.54) is 0 Å². The van der Waals surface area contributed by atoms with Gasteiger partial charge in [-0.05, 0) is 6.08 Å². The molecular formula is C8H10N4O3. The lowest BCUT2D eigenvalue weighted by atomic mass is 10.5. The van der Waals surface area contributed by atoms with Gasteiger partial charge in [-0.3, -0.25) is 14.9 Å². The average Bonchev–Trinajstić information content (AvgIpc) is 2.14. The molecule has 0 unspecified atom stereocenters. The van der Waals surface area contributed by atoms with Crippen LogP contribution in [0.1, 0.15) is 5.82 Å². The van der Waals surface area contributed by atoms with Gasteiger partial charge in [0.2, 0.25) is 0 Å². The van der Waals surface area contributed by atoms with Crippen molar-refractivity contribution in [3.8, 4) is 0 Å². The first-order chi connectivity index (χ1) is 7.00. The van der Waals surface area contributed by atoms with E-state index in [1.54, 1.807) is 31.3 Å². The Balaban J connectivity index is 3.02. The molecule has 0 spiro atoms. The number of H-pyrrole nitrogens is 1. The summed E-state index contributed by atoms with van der Waals surface area (Å²) in [4.78, 5) is 28.5. The van der Waals surface area contributed by atoms with Crippen LogP contribution in [0.5, 0.6) is 0 Å². The van der Waals surface area contributed by atoms with E-state index in [0.717, 1.165) is 6.20 Å². The lowest BCUT2D eigenvalue weighted by Crippen LogP contribution is -2.13. The number of nitrogens with one attached hydrogen (secondary N) is 1. The zero-order valence-electron chi connectivity index (χ0n) is 8.30. The number of hydrogen-bond donors (Lipinski definition) is 1. The molecule has 0 aromatic carbocycles. The Bertz CT molecular complexity index is 449. The van der Waals surface area contributed by atoms with Gasteiger partial charge in [0.1, 0.15) is 12.0 Å². The van der Waals surface area contributed by atoms with E-state index in [1.807, 2.05) is 0 Å². The van der Waals surface area contributed by atoms with Crippen LogP contribution < -0.4 is 5.56 Å². The molecule has 0 aliphatic rings. The van der Waals surface area contributed by atoms with Crippen molar-refractivity contribution >= 4 is 11.8 Å². The number of aromatic amines is 1. The summed E-state index contributed by atoms with van der Waals surface area (Å²) in [6.45, 7) is 0. The molecule has 0 atom stereocenters. The predicted octanol–water partition coefficient (Wildman–Crippen LogP) is 0.210. The van der Waals surface area contributed by atoms with Crippen LogP contribution in [0.15, 0.2) is 17.2 Å². The van der Waals surface area contributed by atoms with Crippen molar-refractivity contribution in [2.45, 2.75) is 0 Å². The van der Waals surface area contributed by atoms with E-state index < -0.39 is 16.2 Å². The molecular weight excluding hydrogens is 200 g/mol. The summed E-state index contributed by atoms with van der Waals surface area (Å²) in [5.41, 5.74) is -1.31.